The van der Waals surface area contributed by atoms with Gasteiger partial charge in [0.1, 0.15) is 5.69 Å². The Hall–Kier alpha value is -1.60. The number of methoxy groups -OCH3 is 1. The molecule has 0 saturated carbocycles. The molecular weight excluding hydrogens is 342 g/mol. The fourth-order valence-corrected chi connectivity index (χ4v) is 2.83. The summed E-state index contributed by atoms with van der Waals surface area (Å²) in [5.41, 5.74) is 1.99. The van der Waals surface area contributed by atoms with Crippen molar-refractivity contribution in [3.05, 3.63) is 33.1 Å². The zero-order valence-electron chi connectivity index (χ0n) is 11.3. The third-order valence-electron chi connectivity index (χ3n) is 2.64. The maximum atomic E-state index is 12.2. The number of rotatable bonds is 4. The summed E-state index contributed by atoms with van der Waals surface area (Å²) in [5, 5.41) is 4.65. The number of pyridine rings is 1. The molecule has 2 heterocycles. The van der Waals surface area contributed by atoms with E-state index in [2.05, 4.69) is 26.2 Å². The minimum atomic E-state index is -0.193. The van der Waals surface area contributed by atoms with E-state index in [0.29, 0.717) is 17.1 Å². The number of carbonyl (C=O) groups is 1. The molecule has 2 aromatic rings. The van der Waals surface area contributed by atoms with Gasteiger partial charge in [0.15, 0.2) is 0 Å². The summed E-state index contributed by atoms with van der Waals surface area (Å²) < 4.78 is 6.13. The SMILES string of the molecule is COc1nccc(N(C)C)c1NC(=O)c1csc(Br)c1. The minimum Gasteiger partial charge on any atom is -0.479 e. The lowest BCUT2D eigenvalue weighted by atomic mass is 10.2. The Balaban J connectivity index is 2.34. The number of anilines is 2. The number of aromatic nitrogens is 1. The molecule has 2 aromatic heterocycles. The number of nitrogens with zero attached hydrogens (tertiary/aromatic N) is 2. The van der Waals surface area contributed by atoms with E-state index in [-0.39, 0.29) is 5.91 Å². The monoisotopic (exact) mass is 355 g/mol. The first-order valence-corrected chi connectivity index (χ1v) is 7.46. The van der Waals surface area contributed by atoms with Crippen molar-refractivity contribution in [3.63, 3.8) is 0 Å². The molecule has 0 saturated heterocycles. The highest BCUT2D eigenvalue weighted by Gasteiger charge is 2.16. The van der Waals surface area contributed by atoms with E-state index in [0.717, 1.165) is 9.47 Å². The third kappa shape index (κ3) is 3.10. The van der Waals surface area contributed by atoms with Gasteiger partial charge in [-0.1, -0.05) is 0 Å². The zero-order valence-corrected chi connectivity index (χ0v) is 13.7. The Morgan fingerprint density at radius 3 is 2.80 bits per heavy atom. The molecule has 7 heteroatoms. The molecule has 0 radical (unpaired) electrons. The number of hydrogen-bond donors (Lipinski definition) is 1. The third-order valence-corrected chi connectivity index (χ3v) is 4.14. The Kier molecular flexibility index (Phi) is 4.61. The number of amides is 1. The van der Waals surface area contributed by atoms with Gasteiger partial charge in [-0.2, -0.15) is 0 Å². The van der Waals surface area contributed by atoms with E-state index < -0.39 is 0 Å². The van der Waals surface area contributed by atoms with Crippen LogP contribution in [0.2, 0.25) is 0 Å². The van der Waals surface area contributed by atoms with Crippen molar-refractivity contribution in [1.29, 1.82) is 0 Å². The molecule has 1 amide bonds. The maximum absolute atomic E-state index is 12.2. The van der Waals surface area contributed by atoms with Crippen LogP contribution in [-0.2, 0) is 0 Å². The van der Waals surface area contributed by atoms with E-state index in [9.17, 15) is 4.79 Å². The second-order valence-corrected chi connectivity index (χ2v) is 6.49. The van der Waals surface area contributed by atoms with Gasteiger partial charge < -0.3 is 15.0 Å². The molecule has 2 rings (SSSR count). The van der Waals surface area contributed by atoms with Gasteiger partial charge >= 0.3 is 0 Å². The quantitative estimate of drug-likeness (QED) is 0.914. The molecular formula is C13H14BrN3O2S. The first-order chi connectivity index (χ1) is 9.52. The van der Waals surface area contributed by atoms with Crippen LogP contribution in [0.5, 0.6) is 5.88 Å². The maximum Gasteiger partial charge on any atom is 0.256 e. The summed E-state index contributed by atoms with van der Waals surface area (Å²) in [6.07, 6.45) is 1.64. The molecule has 106 valence electrons. The summed E-state index contributed by atoms with van der Waals surface area (Å²) >= 11 is 4.81. The Morgan fingerprint density at radius 2 is 2.25 bits per heavy atom. The predicted octanol–water partition coefficient (Wildman–Crippen LogP) is 3.23. The second-order valence-electron chi connectivity index (χ2n) is 4.20. The molecule has 0 spiro atoms. The van der Waals surface area contributed by atoms with Crippen LogP contribution in [-0.4, -0.2) is 32.1 Å². The Labute approximate surface area is 129 Å². The Bertz CT molecular complexity index is 628. The summed E-state index contributed by atoms with van der Waals surface area (Å²) in [6, 6.07) is 3.60. The highest BCUT2D eigenvalue weighted by Crippen LogP contribution is 2.32. The Morgan fingerprint density at radius 1 is 1.50 bits per heavy atom. The average Bonchev–Trinajstić information content (AvgIpc) is 2.85. The van der Waals surface area contributed by atoms with Crippen LogP contribution >= 0.6 is 27.3 Å². The van der Waals surface area contributed by atoms with E-state index in [1.165, 1.54) is 18.4 Å². The van der Waals surface area contributed by atoms with E-state index in [1.807, 2.05) is 25.1 Å². The topological polar surface area (TPSA) is 54.5 Å². The largest absolute Gasteiger partial charge is 0.479 e. The molecule has 0 atom stereocenters. The molecule has 5 nitrogen and oxygen atoms in total. The van der Waals surface area contributed by atoms with Crippen LogP contribution < -0.4 is 15.0 Å². The number of ether oxygens (including phenoxy) is 1. The average molecular weight is 356 g/mol. The lowest BCUT2D eigenvalue weighted by Crippen LogP contribution is -2.17. The van der Waals surface area contributed by atoms with Gasteiger partial charge in [0.25, 0.3) is 5.91 Å². The summed E-state index contributed by atoms with van der Waals surface area (Å²) in [7, 11) is 5.32. The molecule has 0 aliphatic rings. The molecule has 0 unspecified atom stereocenters. The van der Waals surface area contributed by atoms with Crippen molar-refractivity contribution in [2.45, 2.75) is 0 Å². The molecule has 0 aromatic carbocycles. The van der Waals surface area contributed by atoms with Crippen molar-refractivity contribution in [2.24, 2.45) is 0 Å². The van der Waals surface area contributed by atoms with Gasteiger partial charge in [-0.25, -0.2) is 4.98 Å². The van der Waals surface area contributed by atoms with Crippen molar-refractivity contribution in [3.8, 4) is 5.88 Å². The van der Waals surface area contributed by atoms with Gasteiger partial charge in [0.2, 0.25) is 5.88 Å². The van der Waals surface area contributed by atoms with Gasteiger partial charge in [0.05, 0.1) is 22.1 Å². The first kappa shape index (κ1) is 14.8. The van der Waals surface area contributed by atoms with Crippen LogP contribution in [0.25, 0.3) is 0 Å². The molecule has 0 fully saturated rings. The van der Waals surface area contributed by atoms with Crippen molar-refractivity contribution < 1.29 is 9.53 Å². The number of carbonyl (C=O) groups excluding carboxylic acids is 1. The number of halogens is 1. The van der Waals surface area contributed by atoms with Crippen molar-refractivity contribution >= 4 is 44.5 Å². The van der Waals surface area contributed by atoms with Gasteiger partial charge in [-0.05, 0) is 28.1 Å². The van der Waals surface area contributed by atoms with Crippen LogP contribution in [0.4, 0.5) is 11.4 Å². The lowest BCUT2D eigenvalue weighted by Gasteiger charge is -2.19. The number of thiophene rings is 1. The minimum absolute atomic E-state index is 0.193. The van der Waals surface area contributed by atoms with Crippen molar-refractivity contribution in [1.82, 2.24) is 4.98 Å². The first-order valence-electron chi connectivity index (χ1n) is 5.78. The van der Waals surface area contributed by atoms with Crippen LogP contribution in [0, 0.1) is 0 Å². The van der Waals surface area contributed by atoms with Crippen molar-refractivity contribution in [2.75, 3.05) is 31.4 Å². The molecule has 0 aliphatic heterocycles. The highest BCUT2D eigenvalue weighted by molar-refractivity contribution is 9.11. The van der Waals surface area contributed by atoms with E-state index in [1.54, 1.807) is 17.6 Å². The number of nitrogens with one attached hydrogen (secondary N) is 1. The van der Waals surface area contributed by atoms with E-state index >= 15 is 0 Å². The molecule has 20 heavy (non-hydrogen) atoms. The molecule has 0 aliphatic carbocycles. The van der Waals surface area contributed by atoms with Crippen LogP contribution in [0.1, 0.15) is 10.4 Å². The number of hydrogen-bond acceptors (Lipinski definition) is 5. The van der Waals surface area contributed by atoms with E-state index in [4.69, 9.17) is 4.74 Å². The fraction of sp³-hybridized carbons (Fsp3) is 0.231. The fourth-order valence-electron chi connectivity index (χ4n) is 1.69. The van der Waals surface area contributed by atoms with Gasteiger partial charge in [0, 0.05) is 25.7 Å². The summed E-state index contributed by atoms with van der Waals surface area (Å²) in [4.78, 5) is 18.3. The smallest absolute Gasteiger partial charge is 0.256 e. The predicted molar refractivity (Wildman–Crippen MR) is 85.1 cm³/mol. The van der Waals surface area contributed by atoms with Crippen LogP contribution in [0.15, 0.2) is 27.5 Å². The standard InChI is InChI=1S/C13H14BrN3O2S/c1-17(2)9-4-5-15-13(19-3)11(9)16-12(18)8-6-10(14)20-7-8/h4-7H,1-3H3,(H,16,18). The zero-order chi connectivity index (χ0) is 14.7. The van der Waals surface area contributed by atoms with Gasteiger partial charge in [-0.15, -0.1) is 11.3 Å². The molecule has 1 N–H and O–H groups in total. The van der Waals surface area contributed by atoms with Gasteiger partial charge in [-0.3, -0.25) is 4.79 Å². The lowest BCUT2D eigenvalue weighted by molar-refractivity contribution is 0.102. The highest BCUT2D eigenvalue weighted by atomic mass is 79.9. The summed E-state index contributed by atoms with van der Waals surface area (Å²) in [6.45, 7) is 0. The molecule has 0 bridgehead atoms. The normalized spacial score (nSPS) is 10.2. The summed E-state index contributed by atoms with van der Waals surface area (Å²) in [5.74, 6) is 0.195. The second kappa shape index (κ2) is 6.23. The van der Waals surface area contributed by atoms with Crippen LogP contribution in [0.3, 0.4) is 0 Å².